The topological polar surface area (TPSA) is 49.3 Å². The highest BCUT2D eigenvalue weighted by molar-refractivity contribution is 5.89. The van der Waals surface area contributed by atoms with Gasteiger partial charge in [-0.1, -0.05) is 36.4 Å². The molecular weight excluding hydrogens is 293 g/mol. The molecule has 3 aromatic carbocycles. The predicted octanol–water partition coefficient (Wildman–Crippen LogP) is 4.93. The maximum absolute atomic E-state index is 14.0. The van der Waals surface area contributed by atoms with Crippen molar-refractivity contribution in [3.8, 4) is 11.1 Å². The van der Waals surface area contributed by atoms with Crippen molar-refractivity contribution in [3.05, 3.63) is 84.2 Å². The zero-order chi connectivity index (χ0) is 16.2. The van der Waals surface area contributed by atoms with E-state index < -0.39 is 5.97 Å². The fraction of sp³-hybridized carbons (Fsp3) is 0. The van der Waals surface area contributed by atoms with Crippen molar-refractivity contribution in [2.45, 2.75) is 0 Å². The van der Waals surface area contributed by atoms with E-state index in [1.54, 1.807) is 30.3 Å². The molecule has 0 heterocycles. The monoisotopic (exact) mass is 307 g/mol. The molecule has 2 N–H and O–H groups in total. The van der Waals surface area contributed by atoms with E-state index in [-0.39, 0.29) is 11.4 Å². The Labute approximate surface area is 133 Å². The Morgan fingerprint density at radius 3 is 2.35 bits per heavy atom. The van der Waals surface area contributed by atoms with Crippen molar-refractivity contribution in [1.82, 2.24) is 0 Å². The minimum Gasteiger partial charge on any atom is -0.478 e. The first-order valence-electron chi connectivity index (χ1n) is 7.09. The summed E-state index contributed by atoms with van der Waals surface area (Å²) in [6.45, 7) is 0. The number of aromatic carboxylic acids is 1. The van der Waals surface area contributed by atoms with Gasteiger partial charge in [0.15, 0.2) is 0 Å². The van der Waals surface area contributed by atoms with Crippen molar-refractivity contribution in [2.24, 2.45) is 0 Å². The number of anilines is 2. The summed E-state index contributed by atoms with van der Waals surface area (Å²) in [5.41, 5.74) is 2.79. The van der Waals surface area contributed by atoms with Crippen LogP contribution in [-0.4, -0.2) is 11.1 Å². The maximum atomic E-state index is 14.0. The lowest BCUT2D eigenvalue weighted by atomic mass is 10.0. The number of carbonyl (C=O) groups is 1. The van der Waals surface area contributed by atoms with Gasteiger partial charge in [-0.2, -0.15) is 0 Å². The summed E-state index contributed by atoms with van der Waals surface area (Å²) in [4.78, 5) is 11.1. The van der Waals surface area contributed by atoms with Gasteiger partial charge in [-0.3, -0.25) is 0 Å². The van der Waals surface area contributed by atoms with E-state index in [4.69, 9.17) is 5.11 Å². The number of rotatable bonds is 4. The largest absolute Gasteiger partial charge is 0.478 e. The van der Waals surface area contributed by atoms with E-state index in [2.05, 4.69) is 5.32 Å². The van der Waals surface area contributed by atoms with Crippen LogP contribution < -0.4 is 5.32 Å². The standard InChI is InChI=1S/C19H14FNO2/c20-17-10-9-14(13-5-4-6-15(11-13)19(22)23)12-18(17)21-16-7-2-1-3-8-16/h1-12,21H,(H,22,23). The first kappa shape index (κ1) is 14.8. The Morgan fingerprint density at radius 2 is 1.61 bits per heavy atom. The smallest absolute Gasteiger partial charge is 0.335 e. The lowest BCUT2D eigenvalue weighted by molar-refractivity contribution is 0.0697. The van der Waals surface area contributed by atoms with Gasteiger partial charge >= 0.3 is 5.97 Å². The molecule has 0 aliphatic heterocycles. The van der Waals surface area contributed by atoms with Crippen LogP contribution in [0.1, 0.15) is 10.4 Å². The zero-order valence-corrected chi connectivity index (χ0v) is 12.2. The fourth-order valence-corrected chi connectivity index (χ4v) is 2.31. The highest BCUT2D eigenvalue weighted by Gasteiger charge is 2.08. The maximum Gasteiger partial charge on any atom is 0.335 e. The third-order valence-electron chi connectivity index (χ3n) is 3.46. The van der Waals surface area contributed by atoms with Crippen LogP contribution >= 0.6 is 0 Å². The Hall–Kier alpha value is -3.14. The van der Waals surface area contributed by atoms with Crippen LogP contribution in [0.3, 0.4) is 0 Å². The molecule has 0 amide bonds. The second-order valence-corrected chi connectivity index (χ2v) is 5.07. The van der Waals surface area contributed by atoms with Crippen molar-refractivity contribution in [3.63, 3.8) is 0 Å². The normalized spacial score (nSPS) is 10.3. The molecular formula is C19H14FNO2. The number of benzene rings is 3. The Morgan fingerprint density at radius 1 is 0.870 bits per heavy atom. The van der Waals surface area contributed by atoms with Crippen molar-refractivity contribution in [2.75, 3.05) is 5.32 Å². The SMILES string of the molecule is O=C(O)c1cccc(-c2ccc(F)c(Nc3ccccc3)c2)c1. The molecule has 4 heteroatoms. The van der Waals surface area contributed by atoms with Crippen LogP contribution in [0.2, 0.25) is 0 Å². The number of para-hydroxylation sites is 1. The predicted molar refractivity (Wildman–Crippen MR) is 88.5 cm³/mol. The number of carboxylic acids is 1. The summed E-state index contributed by atoms with van der Waals surface area (Å²) in [5.74, 6) is -1.36. The molecule has 3 rings (SSSR count). The molecule has 0 spiro atoms. The first-order chi connectivity index (χ1) is 11.1. The van der Waals surface area contributed by atoms with E-state index in [0.29, 0.717) is 5.69 Å². The Kier molecular flexibility index (Phi) is 4.06. The Balaban J connectivity index is 1.97. The van der Waals surface area contributed by atoms with E-state index >= 15 is 0 Å². The third kappa shape index (κ3) is 3.37. The minimum absolute atomic E-state index is 0.199. The van der Waals surface area contributed by atoms with Gasteiger partial charge in [-0.15, -0.1) is 0 Å². The summed E-state index contributed by atoms with van der Waals surface area (Å²) in [5, 5.41) is 12.1. The molecule has 0 radical (unpaired) electrons. The summed E-state index contributed by atoms with van der Waals surface area (Å²) in [6, 6.07) is 20.5. The number of carboxylic acid groups (broad SMARTS) is 1. The first-order valence-corrected chi connectivity index (χ1v) is 7.09. The average Bonchev–Trinajstić information content (AvgIpc) is 2.58. The van der Waals surface area contributed by atoms with Gasteiger partial charge < -0.3 is 10.4 Å². The minimum atomic E-state index is -0.989. The molecule has 0 fully saturated rings. The average molecular weight is 307 g/mol. The van der Waals surface area contributed by atoms with Gasteiger partial charge in [0.05, 0.1) is 11.3 Å². The number of hydrogen-bond donors (Lipinski definition) is 2. The molecule has 0 saturated carbocycles. The van der Waals surface area contributed by atoms with Gasteiger partial charge in [0, 0.05) is 5.69 Å². The quantitative estimate of drug-likeness (QED) is 0.718. The number of nitrogens with one attached hydrogen (secondary N) is 1. The van der Waals surface area contributed by atoms with Gasteiger partial charge in [-0.25, -0.2) is 9.18 Å². The summed E-state index contributed by atoms with van der Waals surface area (Å²) >= 11 is 0. The lowest BCUT2D eigenvalue weighted by Gasteiger charge is -2.10. The molecule has 0 unspecified atom stereocenters. The second kappa shape index (κ2) is 6.32. The second-order valence-electron chi connectivity index (χ2n) is 5.07. The van der Waals surface area contributed by atoms with Gasteiger partial charge in [0.25, 0.3) is 0 Å². The molecule has 0 aliphatic carbocycles. The van der Waals surface area contributed by atoms with Crippen LogP contribution in [0.4, 0.5) is 15.8 Å². The summed E-state index contributed by atoms with van der Waals surface area (Å²) < 4.78 is 14.0. The van der Waals surface area contributed by atoms with Crippen LogP contribution in [0.15, 0.2) is 72.8 Å². The summed E-state index contributed by atoms with van der Waals surface area (Å²) in [7, 11) is 0. The van der Waals surface area contributed by atoms with Crippen LogP contribution in [0.5, 0.6) is 0 Å². The molecule has 0 bridgehead atoms. The third-order valence-corrected chi connectivity index (χ3v) is 3.46. The number of hydrogen-bond acceptors (Lipinski definition) is 2. The van der Waals surface area contributed by atoms with E-state index in [1.807, 2.05) is 30.3 Å². The number of halogens is 1. The molecule has 114 valence electrons. The molecule has 3 nitrogen and oxygen atoms in total. The van der Waals surface area contributed by atoms with Crippen molar-refractivity contribution in [1.29, 1.82) is 0 Å². The molecule has 0 saturated heterocycles. The lowest BCUT2D eigenvalue weighted by Crippen LogP contribution is -1.97. The van der Waals surface area contributed by atoms with E-state index in [9.17, 15) is 9.18 Å². The fourth-order valence-electron chi connectivity index (χ4n) is 2.31. The molecule has 0 aliphatic rings. The highest BCUT2D eigenvalue weighted by atomic mass is 19.1. The van der Waals surface area contributed by atoms with Crippen molar-refractivity contribution >= 4 is 17.3 Å². The molecule has 3 aromatic rings. The molecule has 0 atom stereocenters. The van der Waals surface area contributed by atoms with Crippen LogP contribution in [0, 0.1) is 5.82 Å². The van der Waals surface area contributed by atoms with Gasteiger partial charge in [-0.05, 0) is 47.5 Å². The van der Waals surface area contributed by atoms with Gasteiger partial charge in [0.1, 0.15) is 5.82 Å². The highest BCUT2D eigenvalue weighted by Crippen LogP contribution is 2.27. The Bertz CT molecular complexity index is 847. The van der Waals surface area contributed by atoms with Gasteiger partial charge in [0.2, 0.25) is 0 Å². The van der Waals surface area contributed by atoms with E-state index in [0.717, 1.165) is 16.8 Å². The molecule has 0 aromatic heterocycles. The summed E-state index contributed by atoms with van der Waals surface area (Å²) in [6.07, 6.45) is 0. The molecule has 23 heavy (non-hydrogen) atoms. The van der Waals surface area contributed by atoms with Crippen molar-refractivity contribution < 1.29 is 14.3 Å². The van der Waals surface area contributed by atoms with Crippen LogP contribution in [0.25, 0.3) is 11.1 Å². The van der Waals surface area contributed by atoms with E-state index in [1.165, 1.54) is 12.1 Å². The van der Waals surface area contributed by atoms with Crippen LogP contribution in [-0.2, 0) is 0 Å². The zero-order valence-electron chi connectivity index (χ0n) is 12.2.